The first-order chi connectivity index (χ1) is 34.1. The molecule has 9 nitrogen and oxygen atoms in total. The fraction of sp³-hybridized carbons (Fsp3) is 0.852. The van der Waals surface area contributed by atoms with Crippen molar-refractivity contribution in [2.75, 3.05) is 47.5 Å². The van der Waals surface area contributed by atoms with Crippen LogP contribution >= 0.6 is 0 Å². The van der Waals surface area contributed by atoms with Gasteiger partial charge in [0.1, 0.15) is 13.2 Å². The third-order valence-corrected chi connectivity index (χ3v) is 13.1. The summed E-state index contributed by atoms with van der Waals surface area (Å²) in [4.78, 5) is 37.2. The van der Waals surface area contributed by atoms with Crippen molar-refractivity contribution in [2.45, 2.75) is 289 Å². The van der Waals surface area contributed by atoms with Gasteiger partial charge in [-0.25, -0.2) is 0 Å². The van der Waals surface area contributed by atoms with Gasteiger partial charge in [-0.2, -0.15) is 0 Å². The van der Waals surface area contributed by atoms with E-state index < -0.39 is 24.3 Å². The molecule has 0 bridgehead atoms. The predicted octanol–water partition coefficient (Wildman–Crippen LogP) is 16.0. The predicted molar refractivity (Wildman–Crippen MR) is 293 cm³/mol. The molecule has 0 amide bonds. The second-order valence-electron chi connectivity index (χ2n) is 21.3. The number of hydrogen-bond donors (Lipinski definition) is 0. The fourth-order valence-corrected chi connectivity index (χ4v) is 8.50. The summed E-state index contributed by atoms with van der Waals surface area (Å²) in [6, 6.07) is 0. The van der Waals surface area contributed by atoms with Crippen molar-refractivity contribution in [2.24, 2.45) is 0 Å². The van der Waals surface area contributed by atoms with Crippen LogP contribution < -0.4 is 5.11 Å². The molecule has 0 rings (SSSR count). The molecule has 2 unspecified atom stereocenters. The van der Waals surface area contributed by atoms with Gasteiger partial charge in [0.15, 0.2) is 12.4 Å². The van der Waals surface area contributed by atoms with Crippen LogP contribution in [0.15, 0.2) is 36.5 Å². The third kappa shape index (κ3) is 53.3. The molecule has 0 aliphatic carbocycles. The second kappa shape index (κ2) is 52.8. The molecule has 9 heteroatoms. The number of carbonyl (C=O) groups is 3. The molecule has 0 aromatic carbocycles. The Hall–Kier alpha value is -2.49. The van der Waals surface area contributed by atoms with Gasteiger partial charge < -0.3 is 33.3 Å². The van der Waals surface area contributed by atoms with Crippen LogP contribution in [0.1, 0.15) is 277 Å². The molecule has 0 aromatic heterocycles. The second-order valence-corrected chi connectivity index (χ2v) is 21.3. The first-order valence-electron chi connectivity index (χ1n) is 29.6. The molecule has 0 N–H and O–H groups in total. The van der Waals surface area contributed by atoms with E-state index in [2.05, 4.69) is 50.3 Å². The number of carboxylic acid groups (broad SMARTS) is 1. The van der Waals surface area contributed by atoms with Crippen molar-refractivity contribution in [3.05, 3.63) is 36.5 Å². The van der Waals surface area contributed by atoms with E-state index in [-0.39, 0.29) is 32.2 Å². The number of hydrogen-bond acceptors (Lipinski definition) is 8. The molecule has 0 saturated heterocycles. The Balaban J connectivity index is 4.13. The zero-order chi connectivity index (χ0) is 51.3. The highest BCUT2D eigenvalue weighted by molar-refractivity contribution is 5.70. The summed E-state index contributed by atoms with van der Waals surface area (Å²) in [7, 11) is 5.92. The largest absolute Gasteiger partial charge is 0.545 e. The number of nitrogens with zero attached hydrogens (tertiary/aromatic N) is 1. The monoisotopic (exact) mass is 988 g/mol. The van der Waals surface area contributed by atoms with Gasteiger partial charge in [-0.3, -0.25) is 9.59 Å². The molecule has 0 saturated carbocycles. The van der Waals surface area contributed by atoms with Crippen molar-refractivity contribution >= 4 is 17.9 Å². The Kier molecular flexibility index (Phi) is 50.9. The number of ether oxygens (including phenoxy) is 4. The highest BCUT2D eigenvalue weighted by Gasteiger charge is 2.22. The van der Waals surface area contributed by atoms with Crippen LogP contribution in [0, 0.1) is 0 Å². The molecule has 0 aliphatic rings. The van der Waals surface area contributed by atoms with E-state index in [0.29, 0.717) is 23.9 Å². The zero-order valence-electron chi connectivity index (χ0n) is 46.7. The number of rotatable bonds is 55. The molecule has 0 aromatic rings. The maximum atomic E-state index is 12.8. The van der Waals surface area contributed by atoms with Crippen LogP contribution in [0.5, 0.6) is 0 Å². The molecular formula is C61H113NO8. The van der Waals surface area contributed by atoms with E-state index in [9.17, 15) is 19.5 Å². The van der Waals surface area contributed by atoms with Gasteiger partial charge in [0, 0.05) is 12.8 Å². The Bertz CT molecular complexity index is 1240. The summed E-state index contributed by atoms with van der Waals surface area (Å²) in [6.07, 6.45) is 60.6. The lowest BCUT2D eigenvalue weighted by atomic mass is 10.0. The molecule has 0 fully saturated rings. The Morgan fingerprint density at radius 2 is 0.771 bits per heavy atom. The van der Waals surface area contributed by atoms with E-state index in [4.69, 9.17) is 18.9 Å². The maximum Gasteiger partial charge on any atom is 0.306 e. The first kappa shape index (κ1) is 67.5. The molecule has 0 heterocycles. The van der Waals surface area contributed by atoms with E-state index in [1.54, 1.807) is 0 Å². The summed E-state index contributed by atoms with van der Waals surface area (Å²) in [6.45, 7) is 4.74. The number of carbonyl (C=O) groups excluding carboxylic acids is 3. The Labute approximate surface area is 432 Å². The van der Waals surface area contributed by atoms with Gasteiger partial charge in [0.25, 0.3) is 0 Å². The highest BCUT2D eigenvalue weighted by atomic mass is 16.7. The normalized spacial score (nSPS) is 13.0. The summed E-state index contributed by atoms with van der Waals surface area (Å²) in [5, 5.41) is 11.8. The van der Waals surface area contributed by atoms with Crippen LogP contribution in [0.2, 0.25) is 0 Å². The topological polar surface area (TPSA) is 111 Å². The van der Waals surface area contributed by atoms with Gasteiger partial charge in [-0.05, 0) is 70.6 Å². The molecule has 70 heavy (non-hydrogen) atoms. The summed E-state index contributed by atoms with van der Waals surface area (Å²) < 4.78 is 22.7. The molecule has 0 radical (unpaired) electrons. The van der Waals surface area contributed by atoms with Crippen LogP contribution in [0.3, 0.4) is 0 Å². The number of esters is 2. The SMILES string of the molecule is CCCCCC/C=C\C/C=C\CCCCCCCC(=O)OC(COC(=O)CCCCCCCCCCCCCCCCCCC/C=C\CCCCCCCCCC)COC(OCC[N+](C)(C)C)C(=O)[O-]. The minimum absolute atomic E-state index is 0.146. The fourth-order valence-electron chi connectivity index (χ4n) is 8.50. The van der Waals surface area contributed by atoms with Gasteiger partial charge in [0.2, 0.25) is 0 Å². The molecular weight excluding hydrogens is 875 g/mol. The van der Waals surface area contributed by atoms with Gasteiger partial charge in [-0.15, -0.1) is 0 Å². The number of carboxylic acids is 1. The molecule has 0 aliphatic heterocycles. The first-order valence-corrected chi connectivity index (χ1v) is 29.6. The lowest BCUT2D eigenvalue weighted by Gasteiger charge is -2.26. The number of unbranched alkanes of at least 4 members (excludes halogenated alkanes) is 34. The third-order valence-electron chi connectivity index (χ3n) is 13.1. The maximum absolute atomic E-state index is 12.8. The Morgan fingerprint density at radius 3 is 1.16 bits per heavy atom. The highest BCUT2D eigenvalue weighted by Crippen LogP contribution is 2.17. The van der Waals surface area contributed by atoms with E-state index in [1.807, 2.05) is 21.1 Å². The van der Waals surface area contributed by atoms with E-state index in [1.165, 1.54) is 186 Å². The smallest absolute Gasteiger partial charge is 0.306 e. The van der Waals surface area contributed by atoms with Crippen LogP contribution in [0.25, 0.3) is 0 Å². The van der Waals surface area contributed by atoms with Gasteiger partial charge >= 0.3 is 11.9 Å². The van der Waals surface area contributed by atoms with Crippen LogP contribution in [0.4, 0.5) is 0 Å². The van der Waals surface area contributed by atoms with Crippen molar-refractivity contribution in [1.82, 2.24) is 0 Å². The lowest BCUT2D eigenvalue weighted by molar-refractivity contribution is -0.870. The van der Waals surface area contributed by atoms with Gasteiger partial charge in [-0.1, -0.05) is 230 Å². The van der Waals surface area contributed by atoms with E-state index >= 15 is 0 Å². The lowest BCUT2D eigenvalue weighted by Crippen LogP contribution is -2.44. The van der Waals surface area contributed by atoms with Crippen molar-refractivity contribution in [3.8, 4) is 0 Å². The number of quaternary nitrogens is 1. The van der Waals surface area contributed by atoms with E-state index in [0.717, 1.165) is 57.8 Å². The van der Waals surface area contributed by atoms with Crippen LogP contribution in [-0.2, 0) is 33.3 Å². The van der Waals surface area contributed by atoms with Gasteiger partial charge in [0.05, 0.1) is 40.3 Å². The zero-order valence-corrected chi connectivity index (χ0v) is 46.7. The molecule has 0 spiro atoms. The van der Waals surface area contributed by atoms with Crippen molar-refractivity contribution in [1.29, 1.82) is 0 Å². The average Bonchev–Trinajstić information content (AvgIpc) is 3.33. The minimum Gasteiger partial charge on any atom is -0.545 e. The number of likely N-dealkylation sites (N-methyl/N-ethyl adjacent to an activating group) is 1. The molecule has 410 valence electrons. The minimum atomic E-state index is -1.62. The molecule has 2 atom stereocenters. The summed E-state index contributed by atoms with van der Waals surface area (Å²) >= 11 is 0. The van der Waals surface area contributed by atoms with Crippen molar-refractivity contribution < 1.29 is 42.9 Å². The number of aliphatic carboxylic acids is 1. The number of allylic oxidation sites excluding steroid dienone is 6. The summed E-state index contributed by atoms with van der Waals surface area (Å²) in [5.74, 6) is -2.29. The van der Waals surface area contributed by atoms with Crippen molar-refractivity contribution in [3.63, 3.8) is 0 Å². The summed E-state index contributed by atoms with van der Waals surface area (Å²) in [5.41, 5.74) is 0. The quantitative estimate of drug-likeness (QED) is 0.0195. The van der Waals surface area contributed by atoms with Crippen LogP contribution in [-0.4, -0.2) is 82.3 Å². The Morgan fingerprint density at radius 1 is 0.429 bits per heavy atom. The average molecular weight is 989 g/mol. The standard InChI is InChI=1S/C61H113NO8/c1-6-8-10-12-14-16-18-20-22-24-25-26-27-28-29-30-31-32-33-34-35-36-38-39-41-43-45-47-49-51-58(63)68-55-57(56-69-61(60(65)66)67-54-53-62(3,4)5)70-59(64)52-50-48-46-44-42-40-37-23-21-19-17-15-13-11-9-7-2/h17,19,23-25,37,57,61H,6-16,18,20-22,26-36,38-56H2,1-5H3/b19-17-,25-24-,37-23-.